The first kappa shape index (κ1) is 24.1. The first-order valence-electron chi connectivity index (χ1n) is 10.9. The van der Waals surface area contributed by atoms with Crippen LogP contribution in [0.15, 0.2) is 47.4 Å². The van der Waals surface area contributed by atoms with Crippen LogP contribution in [-0.2, 0) is 14.8 Å². The maximum absolute atomic E-state index is 12.9. The van der Waals surface area contributed by atoms with Crippen molar-refractivity contribution in [2.75, 3.05) is 26.8 Å². The van der Waals surface area contributed by atoms with Crippen LogP contribution in [0.2, 0.25) is 0 Å². The highest BCUT2D eigenvalue weighted by atomic mass is 32.2. The molecule has 3 rings (SSSR count). The van der Waals surface area contributed by atoms with Crippen molar-refractivity contribution in [2.24, 2.45) is 5.92 Å². The monoisotopic (exact) mass is 460 g/mol. The molecule has 0 radical (unpaired) electrons. The fraction of sp³-hybridized carbons (Fsp3) is 0.458. The van der Waals surface area contributed by atoms with Crippen molar-refractivity contribution in [3.63, 3.8) is 0 Å². The van der Waals surface area contributed by atoms with Gasteiger partial charge in [0.1, 0.15) is 18.1 Å². The maximum atomic E-state index is 12.9. The summed E-state index contributed by atoms with van der Waals surface area (Å²) >= 11 is 0. The highest BCUT2D eigenvalue weighted by Gasteiger charge is 2.32. The first-order valence-corrected chi connectivity index (χ1v) is 12.3. The first-order chi connectivity index (χ1) is 15.2. The Kier molecular flexibility index (Phi) is 7.79. The van der Waals surface area contributed by atoms with E-state index in [0.29, 0.717) is 38.3 Å². The van der Waals surface area contributed by atoms with E-state index < -0.39 is 10.0 Å². The number of methoxy groups -OCH3 is 1. The molecule has 1 N–H and O–H groups in total. The van der Waals surface area contributed by atoms with Gasteiger partial charge in [-0.05, 0) is 81.1 Å². The van der Waals surface area contributed by atoms with Gasteiger partial charge in [-0.3, -0.25) is 4.79 Å². The second-order valence-electron chi connectivity index (χ2n) is 8.32. The van der Waals surface area contributed by atoms with Gasteiger partial charge in [-0.1, -0.05) is 6.07 Å². The summed E-state index contributed by atoms with van der Waals surface area (Å²) in [5, 5.41) is 3.00. The number of carbonyl (C=O) groups is 1. The quantitative estimate of drug-likeness (QED) is 0.653. The van der Waals surface area contributed by atoms with Gasteiger partial charge in [0.05, 0.1) is 18.0 Å². The minimum atomic E-state index is -3.58. The molecule has 2 aromatic rings. The molecule has 2 aromatic carbocycles. The highest BCUT2D eigenvalue weighted by molar-refractivity contribution is 7.89. The zero-order valence-corrected chi connectivity index (χ0v) is 19.9. The van der Waals surface area contributed by atoms with E-state index in [2.05, 4.69) is 12.2 Å². The van der Waals surface area contributed by atoms with E-state index in [1.807, 2.05) is 32.0 Å². The van der Waals surface area contributed by atoms with Gasteiger partial charge in [0, 0.05) is 19.0 Å². The third-order valence-electron chi connectivity index (χ3n) is 5.89. The molecule has 1 aliphatic heterocycles. The van der Waals surface area contributed by atoms with Gasteiger partial charge in [0.25, 0.3) is 0 Å². The van der Waals surface area contributed by atoms with Crippen molar-refractivity contribution in [2.45, 2.75) is 44.6 Å². The second kappa shape index (κ2) is 10.4. The predicted molar refractivity (Wildman–Crippen MR) is 123 cm³/mol. The lowest BCUT2D eigenvalue weighted by Crippen LogP contribution is -2.45. The summed E-state index contributed by atoms with van der Waals surface area (Å²) < 4.78 is 38.1. The summed E-state index contributed by atoms with van der Waals surface area (Å²) in [7, 11) is -2.04. The number of aryl methyl sites for hydroxylation is 2. The summed E-state index contributed by atoms with van der Waals surface area (Å²) in [6, 6.07) is 12.1. The Labute approximate surface area is 190 Å². The van der Waals surface area contributed by atoms with E-state index in [1.54, 1.807) is 24.3 Å². The molecule has 1 atom stereocenters. The number of nitrogens with one attached hydrogen (secondary N) is 1. The maximum Gasteiger partial charge on any atom is 0.243 e. The minimum absolute atomic E-state index is 0.0531. The number of carbonyl (C=O) groups excluding carboxylic acids is 1. The molecule has 1 aliphatic rings. The number of amides is 1. The van der Waals surface area contributed by atoms with Gasteiger partial charge in [0.2, 0.25) is 15.9 Å². The molecule has 8 heteroatoms. The van der Waals surface area contributed by atoms with Crippen molar-refractivity contribution in [3.8, 4) is 11.5 Å². The number of piperidine rings is 1. The van der Waals surface area contributed by atoms with E-state index >= 15 is 0 Å². The molecule has 0 unspecified atom stereocenters. The second-order valence-corrected chi connectivity index (χ2v) is 10.3. The van der Waals surface area contributed by atoms with Crippen molar-refractivity contribution < 1.29 is 22.7 Å². The summed E-state index contributed by atoms with van der Waals surface area (Å²) in [6.45, 7) is 7.01. The van der Waals surface area contributed by atoms with Crippen LogP contribution in [0.5, 0.6) is 11.5 Å². The molecule has 0 bridgehead atoms. The van der Waals surface area contributed by atoms with Gasteiger partial charge < -0.3 is 14.8 Å². The zero-order chi connectivity index (χ0) is 23.3. The van der Waals surface area contributed by atoms with Crippen LogP contribution in [0.25, 0.3) is 0 Å². The SMILES string of the molecule is COc1ccc(S(=O)(=O)N2CCC(C(=O)N[C@H](C)COc3ccc(C)c(C)c3)CC2)cc1. The molecule has 0 saturated carbocycles. The summed E-state index contributed by atoms with van der Waals surface area (Å²) in [5.41, 5.74) is 2.37. The van der Waals surface area contributed by atoms with Gasteiger partial charge >= 0.3 is 0 Å². The Morgan fingerprint density at radius 1 is 1.06 bits per heavy atom. The number of benzene rings is 2. The van der Waals surface area contributed by atoms with E-state index in [1.165, 1.54) is 17.0 Å². The van der Waals surface area contributed by atoms with Gasteiger partial charge in [0.15, 0.2) is 0 Å². The molecule has 7 nitrogen and oxygen atoms in total. The lowest BCUT2D eigenvalue weighted by atomic mass is 9.97. The van der Waals surface area contributed by atoms with Crippen LogP contribution in [0, 0.1) is 19.8 Å². The smallest absolute Gasteiger partial charge is 0.243 e. The fourth-order valence-corrected chi connectivity index (χ4v) is 5.15. The van der Waals surface area contributed by atoms with Crippen LogP contribution in [0.1, 0.15) is 30.9 Å². The number of sulfonamides is 1. The molecule has 174 valence electrons. The average molecular weight is 461 g/mol. The Balaban J connectivity index is 1.48. The topological polar surface area (TPSA) is 84.9 Å². The van der Waals surface area contributed by atoms with Crippen molar-refractivity contribution in [3.05, 3.63) is 53.6 Å². The fourth-order valence-electron chi connectivity index (χ4n) is 3.68. The van der Waals surface area contributed by atoms with Gasteiger partial charge in [-0.15, -0.1) is 0 Å². The Hall–Kier alpha value is -2.58. The Bertz CT molecular complexity index is 1030. The largest absolute Gasteiger partial charge is 0.497 e. The number of nitrogens with zero attached hydrogens (tertiary/aromatic N) is 1. The van der Waals surface area contributed by atoms with Gasteiger partial charge in [-0.25, -0.2) is 8.42 Å². The number of rotatable bonds is 8. The molecule has 0 spiro atoms. The molecule has 1 amide bonds. The number of ether oxygens (including phenoxy) is 2. The molecule has 1 heterocycles. The van der Waals surface area contributed by atoms with Crippen molar-refractivity contribution in [1.29, 1.82) is 0 Å². The zero-order valence-electron chi connectivity index (χ0n) is 19.1. The Morgan fingerprint density at radius 2 is 1.69 bits per heavy atom. The minimum Gasteiger partial charge on any atom is -0.497 e. The van der Waals surface area contributed by atoms with Crippen molar-refractivity contribution >= 4 is 15.9 Å². The molecule has 1 fully saturated rings. The van der Waals surface area contributed by atoms with Crippen molar-refractivity contribution in [1.82, 2.24) is 9.62 Å². The molecular formula is C24H32N2O5S. The summed E-state index contributed by atoms with van der Waals surface area (Å²) in [6.07, 6.45) is 0.984. The molecule has 0 aliphatic carbocycles. The predicted octanol–water partition coefficient (Wildman–Crippen LogP) is 3.30. The van der Waals surface area contributed by atoms with E-state index in [-0.39, 0.29) is 22.8 Å². The third-order valence-corrected chi connectivity index (χ3v) is 7.80. The van der Waals surface area contributed by atoms with Crippen LogP contribution in [-0.4, -0.2) is 51.5 Å². The number of hydrogen-bond donors (Lipinski definition) is 1. The van der Waals surface area contributed by atoms with Gasteiger partial charge in [-0.2, -0.15) is 4.31 Å². The lowest BCUT2D eigenvalue weighted by Gasteiger charge is -2.31. The molecule has 0 aromatic heterocycles. The molecule has 1 saturated heterocycles. The third kappa shape index (κ3) is 5.81. The van der Waals surface area contributed by atoms with Crippen LogP contribution in [0.4, 0.5) is 0 Å². The summed E-state index contributed by atoms with van der Waals surface area (Å²) in [4.78, 5) is 12.9. The van der Waals surface area contributed by atoms with E-state index in [0.717, 1.165) is 11.3 Å². The lowest BCUT2D eigenvalue weighted by molar-refractivity contribution is -0.126. The van der Waals surface area contributed by atoms with Crippen LogP contribution >= 0.6 is 0 Å². The standard InChI is InChI=1S/C24H32N2O5S/c1-17-5-6-22(15-18(17)2)31-16-19(3)25-24(27)20-11-13-26(14-12-20)32(28,29)23-9-7-21(30-4)8-10-23/h5-10,15,19-20H,11-14,16H2,1-4H3,(H,25,27)/t19-/m1/s1. The van der Waals surface area contributed by atoms with E-state index in [4.69, 9.17) is 9.47 Å². The normalized spacial score (nSPS) is 16.4. The number of hydrogen-bond acceptors (Lipinski definition) is 5. The van der Waals surface area contributed by atoms with Crippen LogP contribution < -0.4 is 14.8 Å². The molecular weight excluding hydrogens is 428 g/mol. The van der Waals surface area contributed by atoms with E-state index in [9.17, 15) is 13.2 Å². The average Bonchev–Trinajstić information content (AvgIpc) is 2.80. The highest BCUT2D eigenvalue weighted by Crippen LogP contribution is 2.25. The Morgan fingerprint density at radius 3 is 2.28 bits per heavy atom. The molecule has 32 heavy (non-hydrogen) atoms. The van der Waals surface area contributed by atoms with Crippen LogP contribution in [0.3, 0.4) is 0 Å². The summed E-state index contributed by atoms with van der Waals surface area (Å²) in [5.74, 6) is 1.13.